The van der Waals surface area contributed by atoms with Crippen molar-refractivity contribution in [2.75, 3.05) is 0 Å². The van der Waals surface area contributed by atoms with Gasteiger partial charge in [-0.25, -0.2) is 4.98 Å². The Morgan fingerprint density at radius 1 is 1.45 bits per heavy atom. The molecule has 0 saturated carbocycles. The Bertz CT molecular complexity index is 473. The molecule has 1 saturated heterocycles. The molecule has 0 spiro atoms. The number of nitrogens with one attached hydrogen (secondary N) is 1. The fourth-order valence-electron chi connectivity index (χ4n) is 2.54. The summed E-state index contributed by atoms with van der Waals surface area (Å²) in [6.45, 7) is 6.45. The van der Waals surface area contributed by atoms with Gasteiger partial charge >= 0.3 is 0 Å². The lowest BCUT2D eigenvalue weighted by Gasteiger charge is -2.38. The minimum atomic E-state index is -0.399. The number of hydrogen-bond donors (Lipinski definition) is 1. The maximum absolute atomic E-state index is 12.6. The van der Waals surface area contributed by atoms with Crippen molar-refractivity contribution >= 4 is 23.2 Å². The molecule has 2 amide bonds. The quantitative estimate of drug-likeness (QED) is 0.901. The molecule has 0 radical (unpaired) electrons. The monoisotopic (exact) mass is 295 g/mol. The molecule has 0 aliphatic carbocycles. The summed E-state index contributed by atoms with van der Waals surface area (Å²) in [5, 5.41) is 4.78. The lowest BCUT2D eigenvalue weighted by Crippen LogP contribution is -2.62. The highest BCUT2D eigenvalue weighted by Gasteiger charge is 2.39. The summed E-state index contributed by atoms with van der Waals surface area (Å²) in [6, 6.07) is -0.781. The molecule has 110 valence electrons. The second kappa shape index (κ2) is 6.35. The van der Waals surface area contributed by atoms with Crippen LogP contribution < -0.4 is 5.32 Å². The first-order chi connectivity index (χ1) is 9.52. The molecule has 1 aliphatic rings. The topological polar surface area (TPSA) is 62.3 Å². The SMILES string of the molecule is CCC1C(=O)NC(CC(C)C)C(=O)N1Cc1cscn1. The van der Waals surface area contributed by atoms with Crippen molar-refractivity contribution in [2.45, 2.75) is 52.2 Å². The van der Waals surface area contributed by atoms with Gasteiger partial charge in [0, 0.05) is 5.38 Å². The summed E-state index contributed by atoms with van der Waals surface area (Å²) < 4.78 is 0. The highest BCUT2D eigenvalue weighted by molar-refractivity contribution is 7.07. The van der Waals surface area contributed by atoms with Gasteiger partial charge in [0.05, 0.1) is 17.7 Å². The van der Waals surface area contributed by atoms with E-state index in [0.717, 1.165) is 5.69 Å². The second-order valence-corrected chi connectivity index (χ2v) is 6.28. The molecule has 6 heteroatoms. The van der Waals surface area contributed by atoms with Crippen LogP contribution in [-0.2, 0) is 16.1 Å². The third-order valence-electron chi connectivity index (χ3n) is 3.49. The molecule has 1 aliphatic heterocycles. The van der Waals surface area contributed by atoms with Crippen molar-refractivity contribution in [3.63, 3.8) is 0 Å². The van der Waals surface area contributed by atoms with E-state index in [0.29, 0.717) is 25.3 Å². The molecule has 0 aromatic carbocycles. The van der Waals surface area contributed by atoms with Crippen LogP contribution in [0.5, 0.6) is 0 Å². The zero-order valence-electron chi connectivity index (χ0n) is 12.1. The van der Waals surface area contributed by atoms with E-state index >= 15 is 0 Å². The molecule has 1 N–H and O–H groups in total. The van der Waals surface area contributed by atoms with Crippen LogP contribution in [0.25, 0.3) is 0 Å². The predicted octanol–water partition coefficient (Wildman–Crippen LogP) is 1.79. The van der Waals surface area contributed by atoms with Gasteiger partial charge in [0.2, 0.25) is 11.8 Å². The van der Waals surface area contributed by atoms with Crippen LogP contribution in [-0.4, -0.2) is 33.8 Å². The van der Waals surface area contributed by atoms with E-state index in [4.69, 9.17) is 0 Å². The Morgan fingerprint density at radius 2 is 2.20 bits per heavy atom. The number of piperazine rings is 1. The summed E-state index contributed by atoms with van der Waals surface area (Å²) >= 11 is 1.50. The molecule has 2 heterocycles. The van der Waals surface area contributed by atoms with Crippen molar-refractivity contribution in [2.24, 2.45) is 5.92 Å². The first-order valence-corrected chi connectivity index (χ1v) is 7.95. The molecule has 0 bridgehead atoms. The van der Waals surface area contributed by atoms with Gasteiger partial charge in [-0.2, -0.15) is 0 Å². The molecule has 2 unspecified atom stereocenters. The lowest BCUT2D eigenvalue weighted by atomic mass is 9.97. The first-order valence-electron chi connectivity index (χ1n) is 7.00. The third-order valence-corrected chi connectivity index (χ3v) is 4.12. The van der Waals surface area contributed by atoms with Gasteiger partial charge in [0.25, 0.3) is 0 Å². The normalized spacial score (nSPS) is 23.3. The minimum Gasteiger partial charge on any atom is -0.342 e. The summed E-state index contributed by atoms with van der Waals surface area (Å²) in [5.74, 6) is 0.328. The Balaban J connectivity index is 2.18. The fraction of sp³-hybridized carbons (Fsp3) is 0.643. The zero-order chi connectivity index (χ0) is 14.7. The van der Waals surface area contributed by atoms with E-state index in [2.05, 4.69) is 24.1 Å². The van der Waals surface area contributed by atoms with Crippen molar-refractivity contribution in [3.8, 4) is 0 Å². The molecule has 1 aromatic heterocycles. The van der Waals surface area contributed by atoms with Crippen LogP contribution in [0, 0.1) is 5.92 Å². The van der Waals surface area contributed by atoms with Gasteiger partial charge in [-0.3, -0.25) is 9.59 Å². The summed E-state index contributed by atoms with van der Waals surface area (Å²) in [6.07, 6.45) is 1.30. The Hall–Kier alpha value is -1.43. The second-order valence-electron chi connectivity index (χ2n) is 5.56. The molecule has 2 atom stereocenters. The molecule has 2 rings (SSSR count). The van der Waals surface area contributed by atoms with Crippen molar-refractivity contribution in [1.82, 2.24) is 15.2 Å². The van der Waals surface area contributed by atoms with Crippen molar-refractivity contribution in [3.05, 3.63) is 16.6 Å². The van der Waals surface area contributed by atoms with Crippen molar-refractivity contribution < 1.29 is 9.59 Å². The van der Waals surface area contributed by atoms with Crippen LogP contribution in [0.2, 0.25) is 0 Å². The summed E-state index contributed by atoms with van der Waals surface area (Å²) in [5.41, 5.74) is 2.59. The molecule has 1 fully saturated rings. The van der Waals surface area contributed by atoms with Gasteiger partial charge in [0.15, 0.2) is 0 Å². The number of thiazole rings is 1. The molecule has 5 nitrogen and oxygen atoms in total. The molecule has 20 heavy (non-hydrogen) atoms. The Kier molecular flexibility index (Phi) is 4.75. The van der Waals surface area contributed by atoms with E-state index in [1.165, 1.54) is 11.3 Å². The molecule has 1 aromatic rings. The maximum Gasteiger partial charge on any atom is 0.246 e. The highest BCUT2D eigenvalue weighted by Crippen LogP contribution is 2.20. The highest BCUT2D eigenvalue weighted by atomic mass is 32.1. The number of amides is 2. The third kappa shape index (κ3) is 3.17. The van der Waals surface area contributed by atoms with E-state index in [9.17, 15) is 9.59 Å². The largest absolute Gasteiger partial charge is 0.342 e. The van der Waals surface area contributed by atoms with Gasteiger partial charge in [-0.05, 0) is 18.8 Å². The zero-order valence-corrected chi connectivity index (χ0v) is 12.9. The molecular formula is C14H21N3O2S. The standard InChI is InChI=1S/C14H21N3O2S/c1-4-12-13(18)16-11(5-9(2)3)14(19)17(12)6-10-7-20-8-15-10/h7-9,11-12H,4-6H2,1-3H3,(H,16,18). The summed E-state index contributed by atoms with van der Waals surface area (Å²) in [4.78, 5) is 30.7. The number of aromatic nitrogens is 1. The number of carbonyl (C=O) groups excluding carboxylic acids is 2. The van der Waals surface area contributed by atoms with Crippen LogP contribution in [0.15, 0.2) is 10.9 Å². The van der Waals surface area contributed by atoms with Gasteiger partial charge in [-0.1, -0.05) is 20.8 Å². The summed E-state index contributed by atoms with van der Waals surface area (Å²) in [7, 11) is 0. The average Bonchev–Trinajstić information content (AvgIpc) is 2.88. The van der Waals surface area contributed by atoms with E-state index in [1.54, 1.807) is 10.4 Å². The number of nitrogens with zero attached hydrogens (tertiary/aromatic N) is 2. The van der Waals surface area contributed by atoms with Crippen LogP contribution >= 0.6 is 11.3 Å². The fourth-order valence-corrected chi connectivity index (χ4v) is 3.09. The number of rotatable bonds is 5. The van der Waals surface area contributed by atoms with E-state index < -0.39 is 6.04 Å². The van der Waals surface area contributed by atoms with Gasteiger partial charge < -0.3 is 10.2 Å². The lowest BCUT2D eigenvalue weighted by molar-refractivity contribution is -0.150. The maximum atomic E-state index is 12.6. The van der Waals surface area contributed by atoms with Gasteiger partial charge in [0.1, 0.15) is 12.1 Å². The first kappa shape index (κ1) is 15.0. The smallest absolute Gasteiger partial charge is 0.246 e. The Labute approximate surface area is 123 Å². The predicted molar refractivity (Wildman–Crippen MR) is 78.1 cm³/mol. The van der Waals surface area contributed by atoms with Crippen LogP contribution in [0.4, 0.5) is 0 Å². The number of hydrogen-bond acceptors (Lipinski definition) is 4. The average molecular weight is 295 g/mol. The molecular weight excluding hydrogens is 274 g/mol. The van der Waals surface area contributed by atoms with Crippen LogP contribution in [0.3, 0.4) is 0 Å². The number of carbonyl (C=O) groups is 2. The van der Waals surface area contributed by atoms with Crippen LogP contribution in [0.1, 0.15) is 39.3 Å². The van der Waals surface area contributed by atoms with Gasteiger partial charge in [-0.15, -0.1) is 11.3 Å². The van der Waals surface area contributed by atoms with Crippen molar-refractivity contribution in [1.29, 1.82) is 0 Å². The van der Waals surface area contributed by atoms with E-state index in [-0.39, 0.29) is 17.9 Å². The Morgan fingerprint density at radius 3 is 2.75 bits per heavy atom. The minimum absolute atomic E-state index is 0.0122. The van der Waals surface area contributed by atoms with E-state index in [1.807, 2.05) is 12.3 Å².